The fraction of sp³-hybridized carbons (Fsp3) is 0.647. The Morgan fingerprint density at radius 3 is 2.76 bits per heavy atom. The van der Waals surface area contributed by atoms with Crippen molar-refractivity contribution >= 4 is 11.8 Å². The second kappa shape index (κ2) is 8.18. The van der Waals surface area contributed by atoms with Crippen LogP contribution in [-0.4, -0.2) is 34.2 Å². The van der Waals surface area contributed by atoms with E-state index in [-0.39, 0.29) is 5.92 Å². The van der Waals surface area contributed by atoms with E-state index in [2.05, 4.69) is 12.2 Å². The summed E-state index contributed by atoms with van der Waals surface area (Å²) < 4.78 is 0. The highest BCUT2D eigenvalue weighted by Crippen LogP contribution is 2.34. The SMILES string of the molecule is NCCC(O)C1C=CC=CC(SCC2(O)CCCCC2)=C1. The smallest absolute Gasteiger partial charge is 0.0741 e. The van der Waals surface area contributed by atoms with Crippen molar-refractivity contribution in [2.45, 2.75) is 50.2 Å². The molecule has 118 valence electrons. The van der Waals surface area contributed by atoms with Crippen molar-refractivity contribution in [3.8, 4) is 0 Å². The van der Waals surface area contributed by atoms with Crippen LogP contribution in [0.4, 0.5) is 0 Å². The summed E-state index contributed by atoms with van der Waals surface area (Å²) in [6, 6.07) is 0. The largest absolute Gasteiger partial charge is 0.392 e. The molecule has 0 aromatic carbocycles. The minimum atomic E-state index is -0.511. The highest BCUT2D eigenvalue weighted by Gasteiger charge is 2.29. The molecule has 0 heterocycles. The van der Waals surface area contributed by atoms with E-state index in [1.54, 1.807) is 11.8 Å². The Morgan fingerprint density at radius 2 is 2.05 bits per heavy atom. The lowest BCUT2D eigenvalue weighted by molar-refractivity contribution is 0.0274. The van der Waals surface area contributed by atoms with Gasteiger partial charge in [0, 0.05) is 16.6 Å². The maximum atomic E-state index is 10.6. The standard InChI is InChI=1S/C17H27NO2S/c18-11-8-16(19)14-6-2-3-7-15(12-14)21-13-17(20)9-4-1-5-10-17/h2-3,6-7,12,14,16,19-20H,1,4-5,8-11,13,18H2. The molecule has 1 fully saturated rings. The predicted octanol–water partition coefficient (Wildman–Crippen LogP) is 2.75. The van der Waals surface area contributed by atoms with Crippen LogP contribution in [0, 0.1) is 5.92 Å². The van der Waals surface area contributed by atoms with Crippen molar-refractivity contribution in [3.05, 3.63) is 35.3 Å². The van der Waals surface area contributed by atoms with E-state index in [1.807, 2.05) is 18.2 Å². The molecule has 2 aliphatic rings. The Morgan fingerprint density at radius 1 is 1.29 bits per heavy atom. The molecule has 4 N–H and O–H groups in total. The van der Waals surface area contributed by atoms with Crippen LogP contribution in [0.25, 0.3) is 0 Å². The number of aliphatic hydroxyl groups is 2. The van der Waals surface area contributed by atoms with Gasteiger partial charge in [0.05, 0.1) is 11.7 Å². The van der Waals surface area contributed by atoms with Gasteiger partial charge in [-0.05, 0) is 31.9 Å². The third kappa shape index (κ3) is 5.29. The van der Waals surface area contributed by atoms with Crippen LogP contribution in [0.2, 0.25) is 0 Å². The van der Waals surface area contributed by atoms with E-state index in [4.69, 9.17) is 5.73 Å². The van der Waals surface area contributed by atoms with Crippen molar-refractivity contribution in [2.75, 3.05) is 12.3 Å². The maximum absolute atomic E-state index is 10.6. The van der Waals surface area contributed by atoms with Crippen molar-refractivity contribution in [3.63, 3.8) is 0 Å². The summed E-state index contributed by atoms with van der Waals surface area (Å²) >= 11 is 1.70. The molecule has 0 radical (unpaired) electrons. The Balaban J connectivity index is 1.94. The summed E-state index contributed by atoms with van der Waals surface area (Å²) in [5.41, 5.74) is 5.01. The zero-order valence-corrected chi connectivity index (χ0v) is 13.4. The number of rotatable bonds is 6. The van der Waals surface area contributed by atoms with E-state index in [0.29, 0.717) is 13.0 Å². The fourth-order valence-electron chi connectivity index (χ4n) is 2.91. The van der Waals surface area contributed by atoms with E-state index in [9.17, 15) is 10.2 Å². The Hall–Kier alpha value is -0.550. The van der Waals surface area contributed by atoms with Gasteiger partial charge < -0.3 is 15.9 Å². The van der Waals surface area contributed by atoms with E-state index < -0.39 is 11.7 Å². The lowest BCUT2D eigenvalue weighted by Crippen LogP contribution is -2.34. The summed E-state index contributed by atoms with van der Waals surface area (Å²) in [5.74, 6) is 0.745. The topological polar surface area (TPSA) is 66.5 Å². The van der Waals surface area contributed by atoms with E-state index in [1.165, 1.54) is 6.42 Å². The monoisotopic (exact) mass is 309 g/mol. The summed E-state index contributed by atoms with van der Waals surface area (Å²) in [7, 11) is 0. The zero-order chi connectivity index (χ0) is 15.1. The van der Waals surface area contributed by atoms with Gasteiger partial charge >= 0.3 is 0 Å². The third-order valence-corrected chi connectivity index (χ3v) is 5.55. The molecule has 3 nitrogen and oxygen atoms in total. The molecular formula is C17H27NO2S. The van der Waals surface area contributed by atoms with Crippen molar-refractivity contribution in [1.82, 2.24) is 0 Å². The van der Waals surface area contributed by atoms with Crippen LogP contribution in [0.5, 0.6) is 0 Å². The Bertz CT molecular complexity index is 411. The maximum Gasteiger partial charge on any atom is 0.0741 e. The van der Waals surface area contributed by atoms with E-state index in [0.717, 1.165) is 36.3 Å². The molecular weight excluding hydrogens is 282 g/mol. The van der Waals surface area contributed by atoms with Crippen LogP contribution < -0.4 is 5.73 Å². The van der Waals surface area contributed by atoms with Gasteiger partial charge in [0.2, 0.25) is 0 Å². The number of aliphatic hydroxyl groups excluding tert-OH is 1. The Labute approximate surface area is 132 Å². The van der Waals surface area contributed by atoms with Crippen LogP contribution in [0.1, 0.15) is 38.5 Å². The van der Waals surface area contributed by atoms with Gasteiger partial charge in [-0.25, -0.2) is 0 Å². The van der Waals surface area contributed by atoms with Gasteiger partial charge in [-0.2, -0.15) is 0 Å². The molecule has 2 rings (SSSR count). The van der Waals surface area contributed by atoms with E-state index >= 15 is 0 Å². The average Bonchev–Trinajstić information content (AvgIpc) is 2.72. The van der Waals surface area contributed by atoms with Crippen LogP contribution in [0.3, 0.4) is 0 Å². The first kappa shape index (κ1) is 16.8. The fourth-order valence-corrected chi connectivity index (χ4v) is 4.07. The number of hydrogen-bond donors (Lipinski definition) is 3. The van der Waals surface area contributed by atoms with Gasteiger partial charge in [-0.3, -0.25) is 0 Å². The van der Waals surface area contributed by atoms with Gasteiger partial charge in [-0.1, -0.05) is 43.6 Å². The molecule has 21 heavy (non-hydrogen) atoms. The van der Waals surface area contributed by atoms with Crippen molar-refractivity contribution in [2.24, 2.45) is 11.7 Å². The van der Waals surface area contributed by atoms with Gasteiger partial charge in [0.25, 0.3) is 0 Å². The summed E-state index contributed by atoms with van der Waals surface area (Å²) in [5, 5.41) is 20.7. The van der Waals surface area contributed by atoms with Crippen LogP contribution >= 0.6 is 11.8 Å². The summed E-state index contributed by atoms with van der Waals surface area (Å²) in [4.78, 5) is 1.13. The highest BCUT2D eigenvalue weighted by atomic mass is 32.2. The minimum Gasteiger partial charge on any atom is -0.392 e. The minimum absolute atomic E-state index is 0.00653. The molecule has 2 unspecified atom stereocenters. The van der Waals surface area contributed by atoms with Crippen LogP contribution in [0.15, 0.2) is 35.3 Å². The number of nitrogens with two attached hydrogens (primary N) is 1. The number of hydrogen-bond acceptors (Lipinski definition) is 4. The van der Waals surface area contributed by atoms with Crippen molar-refractivity contribution < 1.29 is 10.2 Å². The molecule has 2 atom stereocenters. The second-order valence-electron chi connectivity index (χ2n) is 6.11. The normalized spacial score (nSPS) is 26.2. The van der Waals surface area contributed by atoms with Gasteiger partial charge in [-0.15, -0.1) is 11.8 Å². The number of allylic oxidation sites excluding steroid dienone is 3. The zero-order valence-electron chi connectivity index (χ0n) is 12.6. The average molecular weight is 309 g/mol. The molecule has 0 bridgehead atoms. The van der Waals surface area contributed by atoms with Crippen molar-refractivity contribution in [1.29, 1.82) is 0 Å². The molecule has 1 saturated carbocycles. The third-order valence-electron chi connectivity index (χ3n) is 4.26. The Kier molecular flexibility index (Phi) is 6.55. The second-order valence-corrected chi connectivity index (χ2v) is 7.16. The first-order valence-corrected chi connectivity index (χ1v) is 8.91. The quantitative estimate of drug-likeness (QED) is 0.706. The molecule has 0 amide bonds. The molecule has 0 saturated heterocycles. The molecule has 4 heteroatoms. The molecule has 0 aromatic rings. The molecule has 0 spiro atoms. The van der Waals surface area contributed by atoms with Gasteiger partial charge in [0.15, 0.2) is 0 Å². The molecule has 0 aliphatic heterocycles. The first-order valence-electron chi connectivity index (χ1n) is 7.93. The molecule has 2 aliphatic carbocycles. The summed E-state index contributed by atoms with van der Waals surface area (Å²) in [6.07, 6.45) is 15.6. The predicted molar refractivity (Wildman–Crippen MR) is 90.0 cm³/mol. The van der Waals surface area contributed by atoms with Gasteiger partial charge in [0.1, 0.15) is 0 Å². The highest BCUT2D eigenvalue weighted by molar-refractivity contribution is 8.03. The lowest BCUT2D eigenvalue weighted by Gasteiger charge is -2.31. The van der Waals surface area contributed by atoms with Crippen LogP contribution in [-0.2, 0) is 0 Å². The molecule has 0 aromatic heterocycles. The summed E-state index contributed by atoms with van der Waals surface area (Å²) in [6.45, 7) is 0.495. The lowest BCUT2D eigenvalue weighted by atomic mass is 9.86. The number of thioether (sulfide) groups is 1. The first-order chi connectivity index (χ1) is 10.1.